The van der Waals surface area contributed by atoms with Crippen LogP contribution >= 0.6 is 11.3 Å². The Hall–Kier alpha value is -1.82. The fourth-order valence-corrected chi connectivity index (χ4v) is 3.00. The second-order valence-corrected chi connectivity index (χ2v) is 5.95. The van der Waals surface area contributed by atoms with Gasteiger partial charge in [0.25, 0.3) is 0 Å². The number of thiophene rings is 1. The number of aliphatic hydroxyl groups is 1. The molecule has 0 aliphatic carbocycles. The maximum Gasteiger partial charge on any atom is 0.0915 e. The molecule has 21 heavy (non-hydrogen) atoms. The monoisotopic (exact) mass is 299 g/mol. The highest BCUT2D eigenvalue weighted by Crippen LogP contribution is 2.23. The van der Waals surface area contributed by atoms with Crippen molar-refractivity contribution in [1.29, 1.82) is 0 Å². The van der Waals surface area contributed by atoms with Gasteiger partial charge in [0.2, 0.25) is 0 Å². The van der Waals surface area contributed by atoms with E-state index >= 15 is 0 Å². The predicted molar refractivity (Wildman–Crippen MR) is 85.2 cm³/mol. The Labute approximate surface area is 127 Å². The topological polar surface area (TPSA) is 58.0 Å². The molecular formula is C16H17N3OS. The van der Waals surface area contributed by atoms with Gasteiger partial charge in [-0.2, -0.15) is 0 Å². The van der Waals surface area contributed by atoms with Crippen LogP contribution < -0.4 is 5.32 Å². The van der Waals surface area contributed by atoms with Gasteiger partial charge in [-0.1, -0.05) is 0 Å². The number of hydrogen-bond acceptors (Lipinski definition) is 5. The molecule has 0 spiro atoms. The number of aromatic nitrogens is 2. The Morgan fingerprint density at radius 1 is 1.24 bits per heavy atom. The summed E-state index contributed by atoms with van der Waals surface area (Å²) in [7, 11) is 0. The number of fused-ring (bicyclic) bond motifs is 1. The third-order valence-electron chi connectivity index (χ3n) is 3.53. The molecule has 3 aromatic rings. The van der Waals surface area contributed by atoms with Crippen molar-refractivity contribution < 1.29 is 5.11 Å². The SMILES string of the molecule is CC(NCC(O)c1ccncc1)c1cnc2ccsc2c1. The minimum absolute atomic E-state index is 0.139. The first-order chi connectivity index (χ1) is 10.2. The van der Waals surface area contributed by atoms with E-state index in [0.29, 0.717) is 6.54 Å². The highest BCUT2D eigenvalue weighted by atomic mass is 32.1. The molecule has 0 aliphatic rings. The molecule has 4 nitrogen and oxygen atoms in total. The van der Waals surface area contributed by atoms with Gasteiger partial charge in [-0.05, 0) is 47.7 Å². The smallest absolute Gasteiger partial charge is 0.0915 e. The number of hydrogen-bond donors (Lipinski definition) is 2. The quantitative estimate of drug-likeness (QED) is 0.760. The van der Waals surface area contributed by atoms with Crippen molar-refractivity contribution >= 4 is 21.6 Å². The summed E-state index contributed by atoms with van der Waals surface area (Å²) in [5, 5.41) is 15.5. The van der Waals surface area contributed by atoms with Crippen LogP contribution in [0.25, 0.3) is 10.2 Å². The van der Waals surface area contributed by atoms with Gasteiger partial charge in [0.15, 0.2) is 0 Å². The number of pyridine rings is 2. The minimum Gasteiger partial charge on any atom is -0.387 e. The van der Waals surface area contributed by atoms with Gasteiger partial charge >= 0.3 is 0 Å². The molecule has 3 aromatic heterocycles. The molecule has 0 saturated heterocycles. The standard InChI is InChI=1S/C16H17N3OS/c1-11(13-8-16-14(19-9-13)4-7-21-16)18-10-15(20)12-2-5-17-6-3-12/h2-9,11,15,18,20H,10H2,1H3. The van der Waals surface area contributed by atoms with Gasteiger partial charge in [0, 0.05) is 31.2 Å². The number of rotatable bonds is 5. The van der Waals surface area contributed by atoms with E-state index < -0.39 is 6.10 Å². The highest BCUT2D eigenvalue weighted by Gasteiger charge is 2.11. The zero-order valence-electron chi connectivity index (χ0n) is 11.7. The van der Waals surface area contributed by atoms with E-state index in [0.717, 1.165) is 16.6 Å². The largest absolute Gasteiger partial charge is 0.387 e. The third-order valence-corrected chi connectivity index (χ3v) is 4.39. The lowest BCUT2D eigenvalue weighted by Gasteiger charge is -2.17. The van der Waals surface area contributed by atoms with Crippen molar-refractivity contribution in [1.82, 2.24) is 15.3 Å². The summed E-state index contributed by atoms with van der Waals surface area (Å²) in [6.45, 7) is 2.57. The molecule has 108 valence electrons. The van der Waals surface area contributed by atoms with E-state index in [-0.39, 0.29) is 6.04 Å². The van der Waals surface area contributed by atoms with Gasteiger partial charge in [-0.15, -0.1) is 11.3 Å². The second-order valence-electron chi connectivity index (χ2n) is 5.00. The third kappa shape index (κ3) is 3.26. The molecule has 0 amide bonds. The Morgan fingerprint density at radius 2 is 2.05 bits per heavy atom. The van der Waals surface area contributed by atoms with Crippen LogP contribution in [0.3, 0.4) is 0 Å². The van der Waals surface area contributed by atoms with Crippen molar-refractivity contribution in [3.63, 3.8) is 0 Å². The average Bonchev–Trinajstić information content (AvgIpc) is 3.00. The zero-order valence-corrected chi connectivity index (χ0v) is 12.5. The van der Waals surface area contributed by atoms with Crippen LogP contribution in [0.15, 0.2) is 48.2 Å². The van der Waals surface area contributed by atoms with Gasteiger partial charge in [-0.3, -0.25) is 9.97 Å². The first-order valence-corrected chi connectivity index (χ1v) is 7.76. The Kier molecular flexibility index (Phi) is 4.24. The fraction of sp³-hybridized carbons (Fsp3) is 0.250. The molecular weight excluding hydrogens is 282 g/mol. The molecule has 2 atom stereocenters. The number of nitrogens with one attached hydrogen (secondary N) is 1. The summed E-state index contributed by atoms with van der Waals surface area (Å²) in [6.07, 6.45) is 4.74. The Morgan fingerprint density at radius 3 is 2.86 bits per heavy atom. The highest BCUT2D eigenvalue weighted by molar-refractivity contribution is 7.17. The second kappa shape index (κ2) is 6.30. The van der Waals surface area contributed by atoms with Crippen LogP contribution in [-0.2, 0) is 0 Å². The van der Waals surface area contributed by atoms with Gasteiger partial charge < -0.3 is 10.4 Å². The molecule has 0 saturated carbocycles. The first kappa shape index (κ1) is 14.1. The van der Waals surface area contributed by atoms with Gasteiger partial charge in [0.05, 0.1) is 16.3 Å². The van der Waals surface area contributed by atoms with Crippen LogP contribution in [0, 0.1) is 0 Å². The van der Waals surface area contributed by atoms with Gasteiger partial charge in [-0.25, -0.2) is 0 Å². The van der Waals surface area contributed by atoms with E-state index in [4.69, 9.17) is 0 Å². The maximum atomic E-state index is 10.2. The normalized spacial score (nSPS) is 14.2. The molecule has 0 bridgehead atoms. The number of aliphatic hydroxyl groups excluding tert-OH is 1. The van der Waals surface area contributed by atoms with E-state index in [1.807, 2.05) is 29.8 Å². The summed E-state index contributed by atoms with van der Waals surface area (Å²) >= 11 is 1.69. The van der Waals surface area contributed by atoms with E-state index in [2.05, 4.69) is 28.3 Å². The lowest BCUT2D eigenvalue weighted by molar-refractivity contribution is 0.170. The van der Waals surface area contributed by atoms with Crippen LogP contribution in [0.1, 0.15) is 30.2 Å². The molecule has 3 rings (SSSR count). The Balaban J connectivity index is 1.64. The molecule has 0 aliphatic heterocycles. The molecule has 2 N–H and O–H groups in total. The molecule has 0 aromatic carbocycles. The Bertz CT molecular complexity index is 714. The van der Waals surface area contributed by atoms with Crippen molar-refractivity contribution in [3.05, 3.63) is 59.4 Å². The van der Waals surface area contributed by atoms with Crippen molar-refractivity contribution in [2.24, 2.45) is 0 Å². The first-order valence-electron chi connectivity index (χ1n) is 6.88. The summed E-state index contributed by atoms with van der Waals surface area (Å²) in [4.78, 5) is 8.40. The predicted octanol–water partition coefficient (Wildman–Crippen LogP) is 3.08. The fourth-order valence-electron chi connectivity index (χ4n) is 2.21. The minimum atomic E-state index is -0.533. The zero-order chi connectivity index (χ0) is 14.7. The van der Waals surface area contributed by atoms with Crippen LogP contribution in [0.5, 0.6) is 0 Å². The van der Waals surface area contributed by atoms with E-state index in [1.165, 1.54) is 4.70 Å². The van der Waals surface area contributed by atoms with Crippen LogP contribution in [0.4, 0.5) is 0 Å². The van der Waals surface area contributed by atoms with Crippen molar-refractivity contribution in [2.75, 3.05) is 6.54 Å². The van der Waals surface area contributed by atoms with E-state index in [1.54, 1.807) is 23.7 Å². The maximum absolute atomic E-state index is 10.2. The van der Waals surface area contributed by atoms with Crippen LogP contribution in [0.2, 0.25) is 0 Å². The number of nitrogens with zero attached hydrogens (tertiary/aromatic N) is 2. The summed E-state index contributed by atoms with van der Waals surface area (Å²) in [6, 6.07) is 7.98. The summed E-state index contributed by atoms with van der Waals surface area (Å²) in [5.74, 6) is 0. The molecule has 5 heteroatoms. The van der Waals surface area contributed by atoms with Crippen molar-refractivity contribution in [3.8, 4) is 0 Å². The average molecular weight is 299 g/mol. The van der Waals surface area contributed by atoms with Crippen LogP contribution in [-0.4, -0.2) is 21.6 Å². The molecule has 2 unspecified atom stereocenters. The van der Waals surface area contributed by atoms with E-state index in [9.17, 15) is 5.11 Å². The molecule has 0 radical (unpaired) electrons. The van der Waals surface area contributed by atoms with Crippen molar-refractivity contribution in [2.45, 2.75) is 19.1 Å². The lowest BCUT2D eigenvalue weighted by atomic mass is 10.1. The summed E-state index contributed by atoms with van der Waals surface area (Å²) in [5.41, 5.74) is 3.04. The molecule has 3 heterocycles. The summed E-state index contributed by atoms with van der Waals surface area (Å²) < 4.78 is 1.19. The molecule has 0 fully saturated rings. The lowest BCUT2D eigenvalue weighted by Crippen LogP contribution is -2.24. The van der Waals surface area contributed by atoms with Gasteiger partial charge in [0.1, 0.15) is 0 Å².